The number of nitrogens with zero attached hydrogens (tertiary/aromatic N) is 4. The number of aryl methyl sites for hydroxylation is 1. The first-order valence-electron chi connectivity index (χ1n) is 11.4. The van der Waals surface area contributed by atoms with E-state index < -0.39 is 0 Å². The van der Waals surface area contributed by atoms with Crippen LogP contribution in [-0.4, -0.2) is 57.8 Å². The summed E-state index contributed by atoms with van der Waals surface area (Å²) in [5.74, 6) is -0.00183. The lowest BCUT2D eigenvalue weighted by molar-refractivity contribution is 0.0951. The van der Waals surface area contributed by atoms with Gasteiger partial charge in [0.1, 0.15) is 0 Å². The van der Waals surface area contributed by atoms with Gasteiger partial charge in [-0.25, -0.2) is 4.68 Å². The van der Waals surface area contributed by atoms with Crippen molar-refractivity contribution in [1.82, 2.24) is 25.0 Å². The number of rotatable bonds is 6. The molecule has 2 aliphatic rings. The number of carbonyl (C=O) groups excluding carboxylic acids is 1. The summed E-state index contributed by atoms with van der Waals surface area (Å²) in [6.45, 7) is 4.29. The van der Waals surface area contributed by atoms with Gasteiger partial charge in [0.05, 0.1) is 30.0 Å². The van der Waals surface area contributed by atoms with E-state index in [1.807, 2.05) is 47.7 Å². The van der Waals surface area contributed by atoms with Gasteiger partial charge in [-0.15, -0.1) is 0 Å². The van der Waals surface area contributed by atoms with Crippen LogP contribution in [-0.2, 0) is 0 Å². The van der Waals surface area contributed by atoms with Gasteiger partial charge >= 0.3 is 0 Å². The first-order valence-corrected chi connectivity index (χ1v) is 11.4. The van der Waals surface area contributed by atoms with E-state index in [1.165, 1.54) is 0 Å². The Kier molecular flexibility index (Phi) is 5.66. The van der Waals surface area contributed by atoms with Gasteiger partial charge in [0, 0.05) is 29.4 Å². The first kappa shape index (κ1) is 20.7. The Morgan fingerprint density at radius 3 is 2.62 bits per heavy atom. The predicted molar refractivity (Wildman–Crippen MR) is 126 cm³/mol. The summed E-state index contributed by atoms with van der Waals surface area (Å²) in [6, 6.07) is 8.77. The van der Waals surface area contributed by atoms with Crippen molar-refractivity contribution in [3.8, 4) is 16.8 Å². The molecule has 2 aromatic heterocycles. The van der Waals surface area contributed by atoms with Crippen LogP contribution in [0.15, 0.2) is 49.1 Å². The van der Waals surface area contributed by atoms with Gasteiger partial charge in [0.15, 0.2) is 0 Å². The molecule has 1 amide bonds. The minimum Gasteiger partial charge on any atom is -0.381 e. The van der Waals surface area contributed by atoms with Crippen LogP contribution in [0.3, 0.4) is 0 Å². The van der Waals surface area contributed by atoms with Crippen LogP contribution in [0.1, 0.15) is 41.6 Å². The maximum Gasteiger partial charge on any atom is 0.251 e. The van der Waals surface area contributed by atoms with Gasteiger partial charge in [-0.3, -0.25) is 9.78 Å². The summed E-state index contributed by atoms with van der Waals surface area (Å²) in [4.78, 5) is 19.3. The molecule has 1 saturated carbocycles. The van der Waals surface area contributed by atoms with Crippen LogP contribution < -0.4 is 10.6 Å². The molecule has 3 heterocycles. The van der Waals surface area contributed by atoms with Crippen LogP contribution in [0.5, 0.6) is 0 Å². The number of likely N-dealkylation sites (tertiary alicyclic amines) is 1. The van der Waals surface area contributed by atoms with Crippen LogP contribution in [0.2, 0.25) is 0 Å². The van der Waals surface area contributed by atoms with E-state index in [4.69, 9.17) is 0 Å². The summed E-state index contributed by atoms with van der Waals surface area (Å²) in [6.07, 6.45) is 12.0. The molecular formula is C25H30N6O. The molecule has 166 valence electrons. The molecule has 2 N–H and O–H groups in total. The van der Waals surface area contributed by atoms with E-state index in [1.54, 1.807) is 0 Å². The zero-order chi connectivity index (χ0) is 22.1. The zero-order valence-corrected chi connectivity index (χ0v) is 18.7. The molecule has 5 rings (SSSR count). The highest BCUT2D eigenvalue weighted by atomic mass is 16.1. The van der Waals surface area contributed by atoms with Crippen molar-refractivity contribution in [2.45, 2.75) is 44.7 Å². The minimum atomic E-state index is -0.00183. The number of aromatic nitrogens is 3. The van der Waals surface area contributed by atoms with Crippen LogP contribution in [0, 0.1) is 6.92 Å². The summed E-state index contributed by atoms with van der Waals surface area (Å²) < 4.78 is 1.85. The Morgan fingerprint density at radius 1 is 1.03 bits per heavy atom. The van der Waals surface area contributed by atoms with Crippen molar-refractivity contribution in [2.75, 3.05) is 25.5 Å². The highest BCUT2D eigenvalue weighted by Crippen LogP contribution is 2.27. The second kappa shape index (κ2) is 8.74. The Labute approximate surface area is 188 Å². The molecular weight excluding hydrogens is 400 g/mol. The Balaban J connectivity index is 1.34. The Morgan fingerprint density at radius 2 is 1.84 bits per heavy atom. The summed E-state index contributed by atoms with van der Waals surface area (Å²) >= 11 is 0. The van der Waals surface area contributed by atoms with Crippen molar-refractivity contribution >= 4 is 11.6 Å². The molecule has 1 saturated heterocycles. The molecule has 0 bridgehead atoms. The van der Waals surface area contributed by atoms with Crippen molar-refractivity contribution < 1.29 is 4.79 Å². The van der Waals surface area contributed by atoms with Crippen LogP contribution >= 0.6 is 0 Å². The number of piperidine rings is 1. The highest BCUT2D eigenvalue weighted by Gasteiger charge is 2.24. The van der Waals surface area contributed by atoms with Crippen molar-refractivity contribution in [1.29, 1.82) is 0 Å². The van der Waals surface area contributed by atoms with E-state index in [2.05, 4.69) is 45.7 Å². The predicted octanol–water partition coefficient (Wildman–Crippen LogP) is 3.64. The molecule has 0 atom stereocenters. The lowest BCUT2D eigenvalue weighted by atomic mass is 10.0. The number of amides is 1. The fraction of sp³-hybridized carbons (Fsp3) is 0.400. The van der Waals surface area contributed by atoms with Gasteiger partial charge in [0.25, 0.3) is 5.91 Å². The molecule has 2 fully saturated rings. The summed E-state index contributed by atoms with van der Waals surface area (Å²) in [7, 11) is 2.17. The number of pyridine rings is 1. The average Bonchev–Trinajstić information content (AvgIpc) is 3.47. The van der Waals surface area contributed by atoms with Gasteiger partial charge in [-0.1, -0.05) is 6.07 Å². The highest BCUT2D eigenvalue weighted by molar-refractivity contribution is 5.96. The minimum absolute atomic E-state index is 0.00183. The second-order valence-corrected chi connectivity index (χ2v) is 9.10. The third kappa shape index (κ3) is 4.67. The molecule has 7 heteroatoms. The number of benzene rings is 1. The van der Waals surface area contributed by atoms with Gasteiger partial charge < -0.3 is 15.5 Å². The molecule has 0 unspecified atom stereocenters. The topological polar surface area (TPSA) is 75.1 Å². The Bertz CT molecular complexity index is 1110. The smallest absolute Gasteiger partial charge is 0.251 e. The molecule has 0 radical (unpaired) electrons. The largest absolute Gasteiger partial charge is 0.381 e. The molecule has 3 aromatic rings. The second-order valence-electron chi connectivity index (χ2n) is 9.10. The lowest BCUT2D eigenvalue weighted by Crippen LogP contribution is -2.36. The number of nitrogens with one attached hydrogen (secondary N) is 2. The summed E-state index contributed by atoms with van der Waals surface area (Å²) in [5, 5.41) is 11.3. The molecule has 1 aromatic carbocycles. The average molecular weight is 431 g/mol. The molecule has 1 aliphatic heterocycles. The van der Waals surface area contributed by atoms with Gasteiger partial charge in [0.2, 0.25) is 0 Å². The lowest BCUT2D eigenvalue weighted by Gasteiger charge is -2.30. The van der Waals surface area contributed by atoms with Gasteiger partial charge in [-0.05, 0) is 82.1 Å². The number of hydrogen-bond acceptors (Lipinski definition) is 5. The standard InChI is InChI=1S/C25H30N6O/c1-17-3-4-18(25(32)29-20-5-6-20)11-24(17)19-13-27-31(16-19)23-12-22(14-26-15-23)28-21-7-9-30(2)10-8-21/h3-4,11-16,20-21,28H,5-10H2,1-2H3,(H,29,32). The maximum absolute atomic E-state index is 12.5. The van der Waals surface area contributed by atoms with E-state index >= 15 is 0 Å². The maximum atomic E-state index is 12.5. The molecule has 32 heavy (non-hydrogen) atoms. The van der Waals surface area contributed by atoms with Crippen LogP contribution in [0.4, 0.5) is 5.69 Å². The zero-order valence-electron chi connectivity index (χ0n) is 18.7. The van der Waals surface area contributed by atoms with Gasteiger partial charge in [-0.2, -0.15) is 5.10 Å². The third-order valence-electron chi connectivity index (χ3n) is 6.38. The number of carbonyl (C=O) groups is 1. The van der Waals surface area contributed by atoms with Crippen LogP contribution in [0.25, 0.3) is 16.8 Å². The van der Waals surface area contributed by atoms with E-state index in [9.17, 15) is 4.79 Å². The SMILES string of the molecule is Cc1ccc(C(=O)NC2CC2)cc1-c1cnn(-c2cncc(NC3CCN(C)CC3)c2)c1. The summed E-state index contributed by atoms with van der Waals surface area (Å²) in [5.41, 5.74) is 5.74. The first-order chi connectivity index (χ1) is 15.5. The quantitative estimate of drug-likeness (QED) is 0.625. The molecule has 0 spiro atoms. The van der Waals surface area contributed by atoms with Crippen molar-refractivity contribution in [3.05, 3.63) is 60.2 Å². The molecule has 1 aliphatic carbocycles. The van der Waals surface area contributed by atoms with Crippen molar-refractivity contribution in [2.24, 2.45) is 0 Å². The van der Waals surface area contributed by atoms with E-state index in [0.29, 0.717) is 17.6 Å². The molecule has 7 nitrogen and oxygen atoms in total. The Hall–Kier alpha value is -3.19. The monoisotopic (exact) mass is 430 g/mol. The van der Waals surface area contributed by atoms with E-state index in [0.717, 1.165) is 66.8 Å². The normalized spacial score (nSPS) is 17.3. The fourth-order valence-electron chi connectivity index (χ4n) is 4.19. The fourth-order valence-corrected chi connectivity index (χ4v) is 4.19. The third-order valence-corrected chi connectivity index (χ3v) is 6.38. The van der Waals surface area contributed by atoms with E-state index in [-0.39, 0.29) is 5.91 Å². The number of anilines is 1. The van der Waals surface area contributed by atoms with Crippen molar-refractivity contribution in [3.63, 3.8) is 0 Å². The number of hydrogen-bond donors (Lipinski definition) is 2.